The molecule has 0 N–H and O–H groups in total. The Labute approximate surface area is 195 Å². The monoisotopic (exact) mass is 470 g/mol. The van der Waals surface area contributed by atoms with Crippen molar-refractivity contribution in [1.82, 2.24) is 0 Å². The SMILES string of the molecule is CCC(COC(=O)CC1CCCO1)(COC(=O)CC1CCCO1)COC(=O)CC1CCCO1. The topological polar surface area (TPSA) is 107 Å². The molecule has 3 unspecified atom stereocenters. The first kappa shape index (κ1) is 25.9. The first-order valence-corrected chi connectivity index (χ1v) is 12.3. The van der Waals surface area contributed by atoms with Gasteiger partial charge in [0, 0.05) is 19.8 Å². The highest BCUT2D eigenvalue weighted by atomic mass is 16.6. The number of carbonyl (C=O) groups excluding carboxylic acids is 3. The van der Waals surface area contributed by atoms with Crippen LogP contribution in [0.2, 0.25) is 0 Å². The maximum atomic E-state index is 12.3. The summed E-state index contributed by atoms with van der Waals surface area (Å²) < 4.78 is 33.1. The quantitative estimate of drug-likeness (QED) is 0.297. The molecule has 3 heterocycles. The van der Waals surface area contributed by atoms with E-state index in [0.717, 1.165) is 38.5 Å². The van der Waals surface area contributed by atoms with Crippen LogP contribution in [0.25, 0.3) is 0 Å². The molecule has 0 aromatic heterocycles. The van der Waals surface area contributed by atoms with E-state index in [1.54, 1.807) is 0 Å². The third-order valence-corrected chi connectivity index (χ3v) is 6.62. The van der Waals surface area contributed by atoms with E-state index in [0.29, 0.717) is 26.2 Å². The maximum Gasteiger partial charge on any atom is 0.308 e. The molecule has 9 heteroatoms. The Morgan fingerprint density at radius 2 is 1.00 bits per heavy atom. The molecule has 0 aromatic carbocycles. The lowest BCUT2D eigenvalue weighted by atomic mass is 9.88. The molecule has 0 bridgehead atoms. The van der Waals surface area contributed by atoms with Crippen molar-refractivity contribution in [2.24, 2.45) is 5.41 Å². The molecule has 3 fully saturated rings. The third-order valence-electron chi connectivity index (χ3n) is 6.62. The number of ether oxygens (including phenoxy) is 6. The van der Waals surface area contributed by atoms with Gasteiger partial charge in [0.1, 0.15) is 19.8 Å². The van der Waals surface area contributed by atoms with Crippen molar-refractivity contribution in [3.63, 3.8) is 0 Å². The van der Waals surface area contributed by atoms with E-state index in [4.69, 9.17) is 28.4 Å². The minimum Gasteiger partial charge on any atom is -0.465 e. The summed E-state index contributed by atoms with van der Waals surface area (Å²) in [4.78, 5) is 37.0. The lowest BCUT2D eigenvalue weighted by Gasteiger charge is -2.31. The molecule has 3 aliphatic heterocycles. The third kappa shape index (κ3) is 8.87. The van der Waals surface area contributed by atoms with Crippen LogP contribution in [0.15, 0.2) is 0 Å². The molecular formula is C24H38O9. The van der Waals surface area contributed by atoms with Crippen LogP contribution in [0.5, 0.6) is 0 Å². The van der Waals surface area contributed by atoms with E-state index in [1.165, 1.54) is 0 Å². The van der Waals surface area contributed by atoms with Gasteiger partial charge in [-0.2, -0.15) is 0 Å². The fourth-order valence-electron chi connectivity index (χ4n) is 4.28. The van der Waals surface area contributed by atoms with Crippen LogP contribution in [0, 0.1) is 5.41 Å². The molecule has 3 saturated heterocycles. The van der Waals surface area contributed by atoms with Crippen LogP contribution in [0.4, 0.5) is 0 Å². The van der Waals surface area contributed by atoms with Crippen molar-refractivity contribution in [2.75, 3.05) is 39.6 Å². The summed E-state index contributed by atoms with van der Waals surface area (Å²) in [5.74, 6) is -1.09. The Kier molecular flexibility index (Phi) is 10.4. The second kappa shape index (κ2) is 13.2. The summed E-state index contributed by atoms with van der Waals surface area (Å²) in [6.07, 6.45) is 6.11. The van der Waals surface area contributed by atoms with Gasteiger partial charge >= 0.3 is 17.9 Å². The summed E-state index contributed by atoms with van der Waals surface area (Å²) in [5.41, 5.74) is -0.815. The second-order valence-electron chi connectivity index (χ2n) is 9.35. The fourth-order valence-corrected chi connectivity index (χ4v) is 4.28. The summed E-state index contributed by atoms with van der Waals surface area (Å²) >= 11 is 0. The van der Waals surface area contributed by atoms with Crippen LogP contribution in [-0.4, -0.2) is 75.9 Å². The first-order valence-electron chi connectivity index (χ1n) is 12.3. The first-order chi connectivity index (χ1) is 16.0. The molecule has 9 nitrogen and oxygen atoms in total. The van der Waals surface area contributed by atoms with E-state index in [1.807, 2.05) is 6.92 Å². The lowest BCUT2D eigenvalue weighted by Crippen LogP contribution is -2.39. The summed E-state index contributed by atoms with van der Waals surface area (Å²) in [7, 11) is 0. The van der Waals surface area contributed by atoms with Gasteiger partial charge in [-0.25, -0.2) is 0 Å². The summed E-state index contributed by atoms with van der Waals surface area (Å²) in [5, 5.41) is 0. The molecule has 0 saturated carbocycles. The number of rotatable bonds is 13. The van der Waals surface area contributed by atoms with Gasteiger partial charge in [0.25, 0.3) is 0 Å². The highest BCUT2D eigenvalue weighted by molar-refractivity contribution is 5.71. The van der Waals surface area contributed by atoms with Crippen LogP contribution in [0.3, 0.4) is 0 Å². The number of carbonyl (C=O) groups is 3. The van der Waals surface area contributed by atoms with Crippen LogP contribution in [0.1, 0.15) is 71.1 Å². The molecule has 0 spiro atoms. The summed E-state index contributed by atoms with van der Waals surface area (Å²) in [6, 6.07) is 0. The van der Waals surface area contributed by atoms with E-state index >= 15 is 0 Å². The lowest BCUT2D eigenvalue weighted by molar-refractivity contribution is -0.164. The van der Waals surface area contributed by atoms with E-state index in [2.05, 4.69) is 0 Å². The number of hydrogen-bond acceptors (Lipinski definition) is 9. The molecule has 33 heavy (non-hydrogen) atoms. The minimum absolute atomic E-state index is 0.00449. The smallest absolute Gasteiger partial charge is 0.308 e. The molecule has 3 aliphatic rings. The zero-order chi connectivity index (χ0) is 23.5. The molecule has 3 rings (SSSR count). The highest BCUT2D eigenvalue weighted by Gasteiger charge is 2.35. The molecule has 188 valence electrons. The predicted octanol–water partition coefficient (Wildman–Crippen LogP) is 2.72. The van der Waals surface area contributed by atoms with Crippen LogP contribution < -0.4 is 0 Å². The van der Waals surface area contributed by atoms with Gasteiger partial charge in [0.15, 0.2) is 0 Å². The molecular weight excluding hydrogens is 432 g/mol. The Morgan fingerprint density at radius 1 is 0.667 bits per heavy atom. The molecule has 0 amide bonds. The number of hydrogen-bond donors (Lipinski definition) is 0. The van der Waals surface area contributed by atoms with E-state index in [9.17, 15) is 14.4 Å². The van der Waals surface area contributed by atoms with Gasteiger partial charge in [0.05, 0.1) is 43.0 Å². The van der Waals surface area contributed by atoms with Gasteiger partial charge in [-0.1, -0.05) is 6.92 Å². The second-order valence-corrected chi connectivity index (χ2v) is 9.35. The van der Waals surface area contributed by atoms with Crippen molar-refractivity contribution in [2.45, 2.75) is 89.4 Å². The predicted molar refractivity (Wildman–Crippen MR) is 116 cm³/mol. The molecule has 0 radical (unpaired) electrons. The Hall–Kier alpha value is -1.71. The number of esters is 3. The van der Waals surface area contributed by atoms with E-state index in [-0.39, 0.29) is 75.3 Å². The van der Waals surface area contributed by atoms with Gasteiger partial charge in [-0.05, 0) is 44.9 Å². The van der Waals surface area contributed by atoms with Gasteiger partial charge in [-0.15, -0.1) is 0 Å². The zero-order valence-electron chi connectivity index (χ0n) is 19.7. The largest absolute Gasteiger partial charge is 0.465 e. The van der Waals surface area contributed by atoms with Gasteiger partial charge < -0.3 is 28.4 Å². The van der Waals surface area contributed by atoms with Crippen molar-refractivity contribution in [3.05, 3.63) is 0 Å². The van der Waals surface area contributed by atoms with Crippen LogP contribution >= 0.6 is 0 Å². The summed E-state index contributed by atoms with van der Waals surface area (Å²) in [6.45, 7) is 3.88. The van der Waals surface area contributed by atoms with Crippen molar-refractivity contribution in [1.29, 1.82) is 0 Å². The Morgan fingerprint density at radius 3 is 1.24 bits per heavy atom. The Bertz CT molecular complexity index is 548. The average Bonchev–Trinajstić information content (AvgIpc) is 3.58. The average molecular weight is 471 g/mol. The standard InChI is InChI=1S/C24H38O9/c1-2-24(15-31-21(25)12-18-6-3-9-28-18,16-32-22(26)13-19-7-4-10-29-19)17-33-23(27)14-20-8-5-11-30-20/h18-20H,2-17H2,1H3. The zero-order valence-corrected chi connectivity index (χ0v) is 19.7. The van der Waals surface area contributed by atoms with Gasteiger partial charge in [-0.3, -0.25) is 14.4 Å². The van der Waals surface area contributed by atoms with Crippen molar-refractivity contribution >= 4 is 17.9 Å². The fraction of sp³-hybridized carbons (Fsp3) is 0.875. The maximum absolute atomic E-state index is 12.3. The minimum atomic E-state index is -0.815. The van der Waals surface area contributed by atoms with Crippen molar-refractivity contribution < 1.29 is 42.8 Å². The normalized spacial score (nSPS) is 26.6. The highest BCUT2D eigenvalue weighted by Crippen LogP contribution is 2.27. The molecule has 0 aliphatic carbocycles. The van der Waals surface area contributed by atoms with Gasteiger partial charge in [0.2, 0.25) is 0 Å². The Balaban J connectivity index is 1.52. The van der Waals surface area contributed by atoms with Crippen molar-refractivity contribution in [3.8, 4) is 0 Å². The van der Waals surface area contributed by atoms with Crippen LogP contribution in [-0.2, 0) is 42.8 Å². The van der Waals surface area contributed by atoms with E-state index < -0.39 is 5.41 Å². The molecule has 0 aromatic rings. The molecule has 3 atom stereocenters.